The van der Waals surface area contributed by atoms with Crippen LogP contribution in [0.2, 0.25) is 0 Å². The summed E-state index contributed by atoms with van der Waals surface area (Å²) < 4.78 is 43.0. The summed E-state index contributed by atoms with van der Waals surface area (Å²) in [6, 6.07) is 10.5. The van der Waals surface area contributed by atoms with Crippen LogP contribution in [-0.4, -0.2) is 30.3 Å². The number of hydrogen-bond donors (Lipinski definition) is 1. The van der Waals surface area contributed by atoms with Gasteiger partial charge in [0, 0.05) is 18.0 Å². The number of aromatic nitrogens is 5. The minimum atomic E-state index is -4.64. The molecule has 0 spiro atoms. The first kappa shape index (κ1) is 21.2. The molecule has 11 heteroatoms. The van der Waals surface area contributed by atoms with Gasteiger partial charge in [-0.25, -0.2) is 4.68 Å². The number of aryl methyl sites for hydroxylation is 1. The number of halogens is 3. The van der Waals surface area contributed by atoms with Crippen LogP contribution in [0, 0.1) is 6.92 Å². The number of amides is 1. The Bertz CT molecular complexity index is 1380. The third-order valence-corrected chi connectivity index (χ3v) is 4.84. The Morgan fingerprint density at radius 2 is 1.81 bits per heavy atom. The van der Waals surface area contributed by atoms with E-state index >= 15 is 0 Å². The van der Waals surface area contributed by atoms with E-state index < -0.39 is 34.8 Å². The molecule has 0 radical (unpaired) electrons. The van der Waals surface area contributed by atoms with Crippen LogP contribution in [0.5, 0.6) is 0 Å². The Balaban J connectivity index is 1.71. The number of fused-ring (bicyclic) bond motifs is 1. The highest BCUT2D eigenvalue weighted by Gasteiger charge is 2.34. The van der Waals surface area contributed by atoms with Gasteiger partial charge >= 0.3 is 6.18 Å². The molecule has 164 valence electrons. The monoisotopic (exact) mass is 442 g/mol. The fourth-order valence-corrected chi connectivity index (χ4v) is 3.33. The van der Waals surface area contributed by atoms with Crippen LogP contribution in [0.3, 0.4) is 0 Å². The molecular weight excluding hydrogens is 425 g/mol. The standard InChI is InChI=1S/C21H17F3N6O2/c1-12-11-16(31)18(28-30(12)15-8-4-3-7-14(15)21(22,23)24)20(32)25-13(2)19-27-26-17-9-5-6-10-29(17)19/h3-11,13H,1-2H3,(H,25,32)/t13-/m0/s1. The highest BCUT2D eigenvalue weighted by atomic mass is 19.4. The maximum Gasteiger partial charge on any atom is 0.418 e. The van der Waals surface area contributed by atoms with E-state index in [-0.39, 0.29) is 11.4 Å². The Hall–Kier alpha value is -4.02. The van der Waals surface area contributed by atoms with Crippen LogP contribution in [-0.2, 0) is 6.18 Å². The van der Waals surface area contributed by atoms with Gasteiger partial charge in [-0.2, -0.15) is 18.3 Å². The maximum absolute atomic E-state index is 13.5. The van der Waals surface area contributed by atoms with Gasteiger partial charge in [-0.05, 0) is 38.1 Å². The van der Waals surface area contributed by atoms with E-state index in [1.54, 1.807) is 35.7 Å². The zero-order valence-electron chi connectivity index (χ0n) is 17.0. The van der Waals surface area contributed by atoms with Crippen molar-refractivity contribution in [3.05, 3.63) is 87.7 Å². The first-order valence-corrected chi connectivity index (χ1v) is 9.55. The molecule has 1 atom stereocenters. The van der Waals surface area contributed by atoms with Gasteiger partial charge < -0.3 is 5.32 Å². The van der Waals surface area contributed by atoms with Crippen molar-refractivity contribution in [2.24, 2.45) is 0 Å². The van der Waals surface area contributed by atoms with E-state index in [1.165, 1.54) is 25.1 Å². The quantitative estimate of drug-likeness (QED) is 0.524. The van der Waals surface area contributed by atoms with E-state index in [0.29, 0.717) is 11.5 Å². The molecule has 3 heterocycles. The molecule has 0 saturated carbocycles. The summed E-state index contributed by atoms with van der Waals surface area (Å²) in [7, 11) is 0. The first-order valence-electron chi connectivity index (χ1n) is 9.55. The lowest BCUT2D eigenvalue weighted by Gasteiger charge is -2.17. The summed E-state index contributed by atoms with van der Waals surface area (Å²) in [5, 5.41) is 14.6. The fraction of sp³-hybridized carbons (Fsp3) is 0.190. The van der Waals surface area contributed by atoms with E-state index in [0.717, 1.165) is 16.8 Å². The topological polar surface area (TPSA) is 94.2 Å². The van der Waals surface area contributed by atoms with Gasteiger partial charge in [0.15, 0.2) is 17.2 Å². The van der Waals surface area contributed by atoms with Gasteiger partial charge in [-0.1, -0.05) is 18.2 Å². The van der Waals surface area contributed by atoms with Crippen molar-refractivity contribution in [3.63, 3.8) is 0 Å². The number of nitrogens with zero attached hydrogens (tertiary/aromatic N) is 5. The van der Waals surface area contributed by atoms with Crippen molar-refractivity contribution in [1.82, 2.24) is 29.7 Å². The zero-order valence-corrected chi connectivity index (χ0v) is 17.0. The van der Waals surface area contributed by atoms with Crippen molar-refractivity contribution in [1.29, 1.82) is 0 Å². The first-order chi connectivity index (χ1) is 15.2. The molecule has 1 aromatic carbocycles. The number of para-hydroxylation sites is 1. The van der Waals surface area contributed by atoms with E-state index in [2.05, 4.69) is 20.6 Å². The molecule has 4 aromatic rings. The molecule has 1 N–H and O–H groups in total. The Labute approximate surface area is 179 Å². The lowest BCUT2D eigenvalue weighted by atomic mass is 10.1. The highest BCUT2D eigenvalue weighted by Crippen LogP contribution is 2.33. The number of carbonyl (C=O) groups excluding carboxylic acids is 1. The van der Waals surface area contributed by atoms with Crippen molar-refractivity contribution < 1.29 is 18.0 Å². The van der Waals surface area contributed by atoms with Crippen molar-refractivity contribution in [2.45, 2.75) is 26.1 Å². The second kappa shape index (κ2) is 7.91. The minimum Gasteiger partial charge on any atom is -0.341 e. The number of pyridine rings is 1. The van der Waals surface area contributed by atoms with Crippen molar-refractivity contribution >= 4 is 11.6 Å². The van der Waals surface area contributed by atoms with Gasteiger partial charge in [-0.15, -0.1) is 10.2 Å². The average molecular weight is 442 g/mol. The molecule has 0 fully saturated rings. The molecule has 0 bridgehead atoms. The lowest BCUT2D eigenvalue weighted by Crippen LogP contribution is -2.34. The van der Waals surface area contributed by atoms with Gasteiger partial charge in [0.25, 0.3) is 5.91 Å². The molecule has 4 rings (SSSR count). The Morgan fingerprint density at radius 3 is 2.56 bits per heavy atom. The summed E-state index contributed by atoms with van der Waals surface area (Å²) in [4.78, 5) is 25.3. The molecule has 0 aliphatic rings. The van der Waals surface area contributed by atoms with Crippen LogP contribution in [0.1, 0.15) is 40.5 Å². The number of nitrogens with one attached hydrogen (secondary N) is 1. The third kappa shape index (κ3) is 3.84. The minimum absolute atomic E-state index is 0.153. The van der Waals surface area contributed by atoms with Crippen LogP contribution < -0.4 is 10.7 Å². The predicted octanol–water partition coefficient (Wildman–Crippen LogP) is 3.09. The average Bonchev–Trinajstić information content (AvgIpc) is 3.17. The molecule has 8 nitrogen and oxygen atoms in total. The number of benzene rings is 1. The van der Waals surface area contributed by atoms with Crippen LogP contribution in [0.15, 0.2) is 59.5 Å². The van der Waals surface area contributed by atoms with Crippen molar-refractivity contribution in [3.8, 4) is 5.69 Å². The summed E-state index contributed by atoms with van der Waals surface area (Å²) in [5.41, 5.74) is -1.74. The Morgan fingerprint density at radius 1 is 1.09 bits per heavy atom. The molecule has 0 saturated heterocycles. The van der Waals surface area contributed by atoms with Gasteiger partial charge in [0.05, 0.1) is 17.3 Å². The summed E-state index contributed by atoms with van der Waals surface area (Å²) in [5.74, 6) is -0.419. The molecular formula is C21H17F3N6O2. The second-order valence-electron chi connectivity index (χ2n) is 7.11. The maximum atomic E-state index is 13.5. The lowest BCUT2D eigenvalue weighted by molar-refractivity contribution is -0.137. The van der Waals surface area contributed by atoms with Gasteiger partial charge in [0.1, 0.15) is 0 Å². The largest absolute Gasteiger partial charge is 0.418 e. The highest BCUT2D eigenvalue weighted by molar-refractivity contribution is 5.92. The number of hydrogen-bond acceptors (Lipinski definition) is 5. The predicted molar refractivity (Wildman–Crippen MR) is 108 cm³/mol. The molecule has 1 amide bonds. The number of alkyl halides is 3. The SMILES string of the molecule is Cc1cc(=O)c(C(=O)N[C@@H](C)c2nnc3ccccn23)nn1-c1ccccc1C(F)(F)F. The summed E-state index contributed by atoms with van der Waals surface area (Å²) in [6.45, 7) is 3.08. The molecule has 0 unspecified atom stereocenters. The molecule has 32 heavy (non-hydrogen) atoms. The van der Waals surface area contributed by atoms with Crippen molar-refractivity contribution in [2.75, 3.05) is 0 Å². The Kier molecular flexibility index (Phi) is 5.25. The summed E-state index contributed by atoms with van der Waals surface area (Å²) >= 11 is 0. The van der Waals surface area contributed by atoms with E-state index in [4.69, 9.17) is 0 Å². The van der Waals surface area contributed by atoms with E-state index in [9.17, 15) is 22.8 Å². The number of carbonyl (C=O) groups is 1. The molecule has 0 aliphatic heterocycles. The van der Waals surface area contributed by atoms with Crippen LogP contribution >= 0.6 is 0 Å². The zero-order chi connectivity index (χ0) is 23.0. The fourth-order valence-electron chi connectivity index (χ4n) is 3.33. The van der Waals surface area contributed by atoms with Crippen LogP contribution in [0.4, 0.5) is 13.2 Å². The second-order valence-corrected chi connectivity index (χ2v) is 7.11. The smallest absolute Gasteiger partial charge is 0.341 e. The van der Waals surface area contributed by atoms with E-state index in [1.807, 2.05) is 0 Å². The van der Waals surface area contributed by atoms with Gasteiger partial charge in [0.2, 0.25) is 5.43 Å². The normalized spacial score (nSPS) is 12.7. The third-order valence-electron chi connectivity index (χ3n) is 4.84. The number of rotatable bonds is 4. The molecule has 3 aromatic heterocycles. The van der Waals surface area contributed by atoms with Gasteiger partial charge in [-0.3, -0.25) is 14.0 Å². The molecule has 0 aliphatic carbocycles. The van der Waals surface area contributed by atoms with Crippen LogP contribution in [0.25, 0.3) is 11.3 Å². The summed E-state index contributed by atoms with van der Waals surface area (Å²) in [6.07, 6.45) is -2.92.